The number of carbonyl (C=O) groups is 1. The Labute approximate surface area is 128 Å². The largest absolute Gasteiger partial charge is 0.462 e. The molecule has 0 aromatic heterocycles. The molecule has 0 unspecified atom stereocenters. The molecule has 4 bridgehead atoms. The van der Waals surface area contributed by atoms with E-state index in [0.29, 0.717) is 30.1 Å². The number of rotatable bonds is 3. The molecule has 1 heterocycles. The van der Waals surface area contributed by atoms with Gasteiger partial charge in [-0.25, -0.2) is 0 Å². The van der Waals surface area contributed by atoms with Gasteiger partial charge in [0.1, 0.15) is 6.10 Å². The Morgan fingerprint density at radius 2 is 2.05 bits per heavy atom. The SMILES string of the molecule is C[C@H]1[C@H](CO)[C@H]2C[C@@H]3OC(=O)C[C@@](O[Si](C)(C)C)([C@H]13)[C@@H]2C. The van der Waals surface area contributed by atoms with E-state index in [-0.39, 0.29) is 30.2 Å². The van der Waals surface area contributed by atoms with Crippen LogP contribution in [-0.2, 0) is 14.0 Å². The number of esters is 1. The summed E-state index contributed by atoms with van der Waals surface area (Å²) < 4.78 is 12.3. The van der Waals surface area contributed by atoms with Crippen LogP contribution in [0.25, 0.3) is 0 Å². The third kappa shape index (κ3) is 2.20. The molecule has 21 heavy (non-hydrogen) atoms. The van der Waals surface area contributed by atoms with E-state index in [1.165, 1.54) is 0 Å². The Morgan fingerprint density at radius 1 is 1.38 bits per heavy atom. The van der Waals surface area contributed by atoms with Gasteiger partial charge in [-0.3, -0.25) is 4.79 Å². The average Bonchev–Trinajstić information content (AvgIpc) is 2.32. The number of carbonyl (C=O) groups excluding carboxylic acids is 1. The summed E-state index contributed by atoms with van der Waals surface area (Å²) in [6, 6.07) is 0. The van der Waals surface area contributed by atoms with Crippen LogP contribution in [0.4, 0.5) is 0 Å². The molecule has 1 N–H and O–H groups in total. The lowest BCUT2D eigenvalue weighted by atomic mass is 9.46. The summed E-state index contributed by atoms with van der Waals surface area (Å²) >= 11 is 0. The number of fused-ring (bicyclic) bond motifs is 1. The van der Waals surface area contributed by atoms with Gasteiger partial charge in [0.2, 0.25) is 0 Å². The fraction of sp³-hybridized carbons (Fsp3) is 0.938. The first kappa shape index (κ1) is 15.5. The van der Waals surface area contributed by atoms with Crippen molar-refractivity contribution in [1.29, 1.82) is 0 Å². The normalized spacial score (nSPS) is 49.1. The van der Waals surface area contributed by atoms with Crippen molar-refractivity contribution in [2.45, 2.75) is 58.0 Å². The van der Waals surface area contributed by atoms with Crippen molar-refractivity contribution in [2.75, 3.05) is 6.61 Å². The van der Waals surface area contributed by atoms with E-state index in [4.69, 9.17) is 9.16 Å². The Hall–Kier alpha value is -0.393. The van der Waals surface area contributed by atoms with Crippen molar-refractivity contribution >= 4 is 14.3 Å². The van der Waals surface area contributed by atoms with Gasteiger partial charge in [0, 0.05) is 12.5 Å². The van der Waals surface area contributed by atoms with E-state index in [2.05, 4.69) is 33.5 Å². The van der Waals surface area contributed by atoms with Crippen molar-refractivity contribution < 1.29 is 19.1 Å². The summed E-state index contributed by atoms with van der Waals surface area (Å²) in [5.74, 6) is 1.50. The van der Waals surface area contributed by atoms with Gasteiger partial charge in [-0.1, -0.05) is 13.8 Å². The van der Waals surface area contributed by atoms with Crippen LogP contribution in [-0.4, -0.2) is 37.7 Å². The van der Waals surface area contributed by atoms with Crippen LogP contribution in [0, 0.1) is 29.6 Å². The van der Waals surface area contributed by atoms with Gasteiger partial charge in [-0.2, -0.15) is 0 Å². The van der Waals surface area contributed by atoms with Crippen LogP contribution in [0.5, 0.6) is 0 Å². The summed E-state index contributed by atoms with van der Waals surface area (Å²) in [5.41, 5.74) is -0.363. The van der Waals surface area contributed by atoms with Crippen molar-refractivity contribution in [1.82, 2.24) is 0 Å². The smallest absolute Gasteiger partial charge is 0.308 e. The molecular formula is C16H28O4Si. The summed E-state index contributed by atoms with van der Waals surface area (Å²) in [6.45, 7) is 11.2. The molecule has 4 aliphatic rings. The second kappa shape index (κ2) is 4.80. The molecule has 0 aromatic carbocycles. The summed E-state index contributed by atoms with van der Waals surface area (Å²) in [6.07, 6.45) is 1.27. The minimum atomic E-state index is -1.77. The molecule has 3 aliphatic carbocycles. The second-order valence-electron chi connectivity index (χ2n) is 8.29. The van der Waals surface area contributed by atoms with E-state index in [1.54, 1.807) is 0 Å². The van der Waals surface area contributed by atoms with E-state index < -0.39 is 8.32 Å². The molecule has 0 radical (unpaired) electrons. The number of ether oxygens (including phenoxy) is 1. The van der Waals surface area contributed by atoms with Crippen LogP contribution in [0.3, 0.4) is 0 Å². The molecule has 0 amide bonds. The van der Waals surface area contributed by atoms with Crippen molar-refractivity contribution in [3.8, 4) is 0 Å². The van der Waals surface area contributed by atoms with Crippen LogP contribution < -0.4 is 0 Å². The zero-order valence-electron chi connectivity index (χ0n) is 13.8. The minimum absolute atomic E-state index is 0.0124. The monoisotopic (exact) mass is 312 g/mol. The third-order valence-corrected chi connectivity index (χ3v) is 7.08. The summed E-state index contributed by atoms with van der Waals surface area (Å²) in [5, 5.41) is 9.79. The average molecular weight is 312 g/mol. The topological polar surface area (TPSA) is 55.8 Å². The number of aliphatic hydroxyl groups is 1. The predicted molar refractivity (Wildman–Crippen MR) is 82.2 cm³/mol. The number of hydrogen-bond donors (Lipinski definition) is 1. The lowest BCUT2D eigenvalue weighted by molar-refractivity contribution is -0.260. The molecule has 1 aliphatic heterocycles. The lowest BCUT2D eigenvalue weighted by Crippen LogP contribution is -2.72. The van der Waals surface area contributed by atoms with Crippen molar-refractivity contribution in [3.63, 3.8) is 0 Å². The van der Waals surface area contributed by atoms with E-state index in [1.807, 2.05) is 0 Å². The quantitative estimate of drug-likeness (QED) is 0.642. The maximum atomic E-state index is 12.1. The highest BCUT2D eigenvalue weighted by Gasteiger charge is 2.67. The Bertz CT molecular complexity index is 446. The number of hydrogen-bond acceptors (Lipinski definition) is 4. The van der Waals surface area contributed by atoms with Crippen LogP contribution in [0.2, 0.25) is 19.6 Å². The maximum Gasteiger partial charge on any atom is 0.308 e. The van der Waals surface area contributed by atoms with Crippen molar-refractivity contribution in [3.05, 3.63) is 0 Å². The summed E-state index contributed by atoms with van der Waals surface area (Å²) in [4.78, 5) is 12.1. The molecule has 4 rings (SSSR count). The van der Waals surface area contributed by atoms with E-state index in [9.17, 15) is 9.90 Å². The van der Waals surface area contributed by atoms with Gasteiger partial charge in [0.15, 0.2) is 8.32 Å². The third-order valence-electron chi connectivity index (χ3n) is 6.08. The Balaban J connectivity index is 2.04. The molecule has 0 aromatic rings. The Morgan fingerprint density at radius 3 is 2.62 bits per heavy atom. The molecule has 1 saturated heterocycles. The van der Waals surface area contributed by atoms with Gasteiger partial charge in [-0.15, -0.1) is 0 Å². The standard InChI is InChI=1S/C16H28O4Si/c1-9-12(8-17)11-6-13-15(9)16(10(11)2,7-14(18)19-13)20-21(3,4)5/h9-13,15,17H,6-8H2,1-5H3/t9-,10+,11-,12-,13-,15+,16-/m0/s1. The second-order valence-corrected chi connectivity index (χ2v) is 12.7. The molecule has 120 valence electrons. The van der Waals surface area contributed by atoms with Gasteiger partial charge in [0.05, 0.1) is 12.0 Å². The van der Waals surface area contributed by atoms with E-state index in [0.717, 1.165) is 6.42 Å². The fourth-order valence-electron chi connectivity index (χ4n) is 5.49. The highest BCUT2D eigenvalue weighted by atomic mass is 28.4. The molecule has 0 spiro atoms. The minimum Gasteiger partial charge on any atom is -0.462 e. The zero-order valence-corrected chi connectivity index (χ0v) is 14.8. The molecule has 3 saturated carbocycles. The molecule has 4 fully saturated rings. The van der Waals surface area contributed by atoms with Crippen LogP contribution in [0.1, 0.15) is 26.7 Å². The highest BCUT2D eigenvalue weighted by Crippen LogP contribution is 2.62. The van der Waals surface area contributed by atoms with E-state index >= 15 is 0 Å². The maximum absolute atomic E-state index is 12.1. The lowest BCUT2D eigenvalue weighted by Gasteiger charge is -2.66. The first-order valence-corrected chi connectivity index (χ1v) is 11.6. The molecule has 7 atom stereocenters. The van der Waals surface area contributed by atoms with Gasteiger partial charge < -0.3 is 14.3 Å². The predicted octanol–water partition coefficient (Wildman–Crippen LogP) is 2.42. The fourth-order valence-corrected chi connectivity index (χ4v) is 7.02. The zero-order chi connectivity index (χ0) is 15.6. The highest BCUT2D eigenvalue weighted by molar-refractivity contribution is 6.69. The molecular weight excluding hydrogens is 284 g/mol. The van der Waals surface area contributed by atoms with Gasteiger partial charge >= 0.3 is 5.97 Å². The molecule has 5 heteroatoms. The van der Waals surface area contributed by atoms with Crippen molar-refractivity contribution in [2.24, 2.45) is 29.6 Å². The number of aliphatic hydroxyl groups excluding tert-OH is 1. The van der Waals surface area contributed by atoms with Crippen LogP contribution >= 0.6 is 0 Å². The first-order valence-electron chi connectivity index (χ1n) is 8.20. The Kier molecular flexibility index (Phi) is 3.54. The van der Waals surface area contributed by atoms with Crippen LogP contribution in [0.15, 0.2) is 0 Å². The molecule has 4 nitrogen and oxygen atoms in total. The van der Waals surface area contributed by atoms with Gasteiger partial charge in [-0.05, 0) is 49.7 Å². The first-order chi connectivity index (χ1) is 9.69. The summed E-state index contributed by atoms with van der Waals surface area (Å²) in [7, 11) is -1.77. The van der Waals surface area contributed by atoms with Gasteiger partial charge in [0.25, 0.3) is 0 Å².